The molecule has 2 N–H and O–H groups in total. The van der Waals surface area contributed by atoms with Crippen molar-refractivity contribution < 1.29 is 9.59 Å². The Labute approximate surface area is 214 Å². The van der Waals surface area contributed by atoms with Crippen molar-refractivity contribution in [3.8, 4) is 17.2 Å². The van der Waals surface area contributed by atoms with Crippen molar-refractivity contribution in [1.29, 1.82) is 5.26 Å². The molecule has 1 heterocycles. The summed E-state index contributed by atoms with van der Waals surface area (Å²) in [5.41, 5.74) is 5.59. The molecule has 6 heteroatoms. The third-order valence-corrected chi connectivity index (χ3v) is 6.11. The van der Waals surface area contributed by atoms with Crippen LogP contribution in [0, 0.1) is 18.3 Å². The number of carbonyl (C=O) groups is 2. The van der Waals surface area contributed by atoms with Gasteiger partial charge < -0.3 is 10.6 Å². The van der Waals surface area contributed by atoms with Crippen molar-refractivity contribution in [2.24, 2.45) is 0 Å². The first-order chi connectivity index (χ1) is 18.0. The number of amides is 2. The molecule has 4 aromatic carbocycles. The summed E-state index contributed by atoms with van der Waals surface area (Å²) in [6.45, 7) is 1.98. The average molecular weight is 483 g/mol. The van der Waals surface area contributed by atoms with Gasteiger partial charge in [-0.1, -0.05) is 30.3 Å². The molecule has 0 bridgehead atoms. The van der Waals surface area contributed by atoms with Crippen LogP contribution in [-0.4, -0.2) is 16.8 Å². The third kappa shape index (κ3) is 5.21. The number of fused-ring (bicyclic) bond motifs is 1. The summed E-state index contributed by atoms with van der Waals surface area (Å²) >= 11 is 0. The molecule has 0 fully saturated rings. The molecule has 37 heavy (non-hydrogen) atoms. The second kappa shape index (κ2) is 10.1. The van der Waals surface area contributed by atoms with E-state index in [1.165, 1.54) is 0 Å². The van der Waals surface area contributed by atoms with Gasteiger partial charge in [-0.3, -0.25) is 14.6 Å². The molecule has 1 aromatic heterocycles. The third-order valence-electron chi connectivity index (χ3n) is 6.11. The van der Waals surface area contributed by atoms with Crippen LogP contribution in [-0.2, 0) is 0 Å². The summed E-state index contributed by atoms with van der Waals surface area (Å²) in [7, 11) is 0. The van der Waals surface area contributed by atoms with Crippen molar-refractivity contribution in [1.82, 2.24) is 4.98 Å². The lowest BCUT2D eigenvalue weighted by Gasteiger charge is -2.11. The van der Waals surface area contributed by atoms with Crippen molar-refractivity contribution in [2.45, 2.75) is 6.92 Å². The number of anilines is 2. The van der Waals surface area contributed by atoms with Crippen molar-refractivity contribution in [3.05, 3.63) is 126 Å². The van der Waals surface area contributed by atoms with E-state index in [-0.39, 0.29) is 11.8 Å². The molecule has 0 saturated carbocycles. The Morgan fingerprint density at radius 3 is 2.27 bits per heavy atom. The quantitative estimate of drug-likeness (QED) is 0.296. The first-order valence-corrected chi connectivity index (χ1v) is 11.7. The van der Waals surface area contributed by atoms with Gasteiger partial charge >= 0.3 is 0 Å². The fraction of sp³-hybridized carbons (Fsp3) is 0.0323. The summed E-state index contributed by atoms with van der Waals surface area (Å²) in [5.74, 6) is -0.470. The van der Waals surface area contributed by atoms with Crippen LogP contribution in [0.5, 0.6) is 0 Å². The number of benzene rings is 4. The Morgan fingerprint density at radius 1 is 0.757 bits per heavy atom. The van der Waals surface area contributed by atoms with Gasteiger partial charge in [0.05, 0.1) is 11.6 Å². The van der Waals surface area contributed by atoms with Gasteiger partial charge in [0.2, 0.25) is 0 Å². The van der Waals surface area contributed by atoms with Gasteiger partial charge in [-0.2, -0.15) is 5.26 Å². The smallest absolute Gasteiger partial charge is 0.255 e. The number of pyridine rings is 1. The van der Waals surface area contributed by atoms with Gasteiger partial charge in [0.15, 0.2) is 0 Å². The van der Waals surface area contributed by atoms with Crippen molar-refractivity contribution >= 4 is 34.0 Å². The maximum Gasteiger partial charge on any atom is 0.255 e. The van der Waals surface area contributed by atoms with Gasteiger partial charge in [0, 0.05) is 40.3 Å². The highest BCUT2D eigenvalue weighted by Gasteiger charge is 2.12. The second-order valence-electron chi connectivity index (χ2n) is 8.65. The standard InChI is InChI=1S/C31H22N4O2/c1-20-5-6-25(31(37)35-28-12-11-26-19-33-14-13-24(26)16-28)17-29(20)22-7-9-23(10-8-22)30(36)34-27-4-2-3-21(15-27)18-32/h2-17,19H,1H3,(H,34,36)(H,35,37). The molecule has 5 aromatic rings. The van der Waals surface area contributed by atoms with Crippen LogP contribution in [0.15, 0.2) is 103 Å². The summed E-state index contributed by atoms with van der Waals surface area (Å²) in [4.78, 5) is 29.8. The predicted octanol–water partition coefficient (Wildman–Crippen LogP) is 6.59. The molecule has 2 amide bonds. The molecule has 0 aliphatic carbocycles. The van der Waals surface area contributed by atoms with E-state index >= 15 is 0 Å². The van der Waals surface area contributed by atoms with Crippen molar-refractivity contribution in [2.75, 3.05) is 10.6 Å². The average Bonchev–Trinajstić information content (AvgIpc) is 2.93. The summed E-state index contributed by atoms with van der Waals surface area (Å²) in [6, 6.07) is 29.2. The number of nitriles is 1. The highest BCUT2D eigenvalue weighted by atomic mass is 16.2. The minimum Gasteiger partial charge on any atom is -0.322 e. The molecular weight excluding hydrogens is 460 g/mol. The number of rotatable bonds is 5. The zero-order chi connectivity index (χ0) is 25.8. The predicted molar refractivity (Wildman–Crippen MR) is 145 cm³/mol. The van der Waals surface area contributed by atoms with E-state index in [1.54, 1.807) is 54.9 Å². The zero-order valence-corrected chi connectivity index (χ0v) is 20.0. The van der Waals surface area contributed by atoms with E-state index < -0.39 is 0 Å². The van der Waals surface area contributed by atoms with Crippen LogP contribution >= 0.6 is 0 Å². The molecule has 0 unspecified atom stereocenters. The highest BCUT2D eigenvalue weighted by Crippen LogP contribution is 2.26. The zero-order valence-electron chi connectivity index (χ0n) is 20.0. The monoisotopic (exact) mass is 482 g/mol. The van der Waals surface area contributed by atoms with E-state index in [2.05, 4.69) is 21.7 Å². The van der Waals surface area contributed by atoms with Gasteiger partial charge in [-0.25, -0.2) is 0 Å². The molecule has 0 radical (unpaired) electrons. The minimum absolute atomic E-state index is 0.203. The lowest BCUT2D eigenvalue weighted by Crippen LogP contribution is -2.12. The number of nitrogens with one attached hydrogen (secondary N) is 2. The van der Waals surface area contributed by atoms with E-state index in [1.807, 2.05) is 55.5 Å². The van der Waals surface area contributed by atoms with Gasteiger partial charge in [-0.15, -0.1) is 0 Å². The lowest BCUT2D eigenvalue weighted by atomic mass is 9.97. The first-order valence-electron chi connectivity index (χ1n) is 11.7. The fourth-order valence-corrected chi connectivity index (χ4v) is 4.11. The first kappa shape index (κ1) is 23.5. The molecule has 0 spiro atoms. The van der Waals surface area contributed by atoms with Gasteiger partial charge in [-0.05, 0) is 89.7 Å². The Bertz CT molecular complexity index is 1680. The number of hydrogen-bond donors (Lipinski definition) is 2. The fourth-order valence-electron chi connectivity index (χ4n) is 4.11. The van der Waals surface area contributed by atoms with Crippen LogP contribution in [0.25, 0.3) is 21.9 Å². The Balaban J connectivity index is 1.33. The summed E-state index contributed by atoms with van der Waals surface area (Å²) < 4.78 is 0. The van der Waals surface area contributed by atoms with E-state index in [4.69, 9.17) is 5.26 Å². The molecule has 0 aliphatic rings. The molecule has 0 aliphatic heterocycles. The molecule has 0 saturated heterocycles. The van der Waals surface area contributed by atoms with Gasteiger partial charge in [0.25, 0.3) is 11.8 Å². The largest absolute Gasteiger partial charge is 0.322 e. The molecular formula is C31H22N4O2. The topological polar surface area (TPSA) is 94.9 Å². The highest BCUT2D eigenvalue weighted by molar-refractivity contribution is 6.06. The van der Waals surface area contributed by atoms with Crippen LogP contribution in [0.2, 0.25) is 0 Å². The SMILES string of the molecule is Cc1ccc(C(=O)Nc2ccc3cnccc3c2)cc1-c1ccc(C(=O)Nc2cccc(C#N)c2)cc1. The van der Waals surface area contributed by atoms with E-state index in [0.717, 1.165) is 27.5 Å². The maximum absolute atomic E-state index is 13.0. The van der Waals surface area contributed by atoms with E-state index in [9.17, 15) is 9.59 Å². The molecule has 178 valence electrons. The Hall–Kier alpha value is -5.28. The normalized spacial score (nSPS) is 10.5. The molecule has 5 rings (SSSR count). The Kier molecular flexibility index (Phi) is 6.43. The van der Waals surface area contributed by atoms with Crippen LogP contribution in [0.4, 0.5) is 11.4 Å². The van der Waals surface area contributed by atoms with Crippen LogP contribution in [0.3, 0.4) is 0 Å². The summed E-state index contributed by atoms with van der Waals surface area (Å²) in [5, 5.41) is 16.8. The van der Waals surface area contributed by atoms with Gasteiger partial charge in [0.1, 0.15) is 0 Å². The number of nitrogens with zero attached hydrogens (tertiary/aromatic N) is 2. The maximum atomic E-state index is 13.0. The number of hydrogen-bond acceptors (Lipinski definition) is 4. The summed E-state index contributed by atoms with van der Waals surface area (Å²) in [6.07, 6.45) is 3.51. The molecule has 6 nitrogen and oxygen atoms in total. The van der Waals surface area contributed by atoms with Crippen molar-refractivity contribution in [3.63, 3.8) is 0 Å². The number of aryl methyl sites for hydroxylation is 1. The lowest BCUT2D eigenvalue weighted by molar-refractivity contribution is 0.101. The Morgan fingerprint density at radius 2 is 1.49 bits per heavy atom. The van der Waals surface area contributed by atoms with E-state index in [0.29, 0.717) is 28.1 Å². The van der Waals surface area contributed by atoms with Crippen LogP contribution in [0.1, 0.15) is 31.8 Å². The number of carbonyl (C=O) groups excluding carboxylic acids is 2. The number of aromatic nitrogens is 1. The molecule has 0 atom stereocenters. The minimum atomic E-state index is -0.266. The second-order valence-corrected chi connectivity index (χ2v) is 8.65. The van der Waals surface area contributed by atoms with Crippen LogP contribution < -0.4 is 10.6 Å².